The summed E-state index contributed by atoms with van der Waals surface area (Å²) in [6.07, 6.45) is 5.03. The van der Waals surface area contributed by atoms with Crippen LogP contribution in [-0.4, -0.2) is 21.4 Å². The van der Waals surface area contributed by atoms with E-state index in [1.165, 1.54) is 25.0 Å². The third kappa shape index (κ3) is 5.04. The standard InChI is InChI=1S/C21H26N2O4S/c1-15-7-12-19(14-20(15)22-21(24)13-16-5-3-4-6-16)28(25,26)23-17-8-10-18(27-2)11-9-17/h7-12,14,16,23H,3-6,13H2,1-2H3,(H,22,24). The highest BCUT2D eigenvalue weighted by Gasteiger charge is 2.20. The van der Waals surface area contributed by atoms with Crippen LogP contribution >= 0.6 is 0 Å². The van der Waals surface area contributed by atoms with Crippen molar-refractivity contribution in [1.29, 1.82) is 0 Å². The van der Waals surface area contributed by atoms with Gasteiger partial charge in [-0.3, -0.25) is 9.52 Å². The number of ether oxygens (including phenoxy) is 1. The minimum absolute atomic E-state index is 0.0624. The molecule has 0 spiro atoms. The maximum atomic E-state index is 12.7. The van der Waals surface area contributed by atoms with E-state index in [0.717, 1.165) is 18.4 Å². The molecule has 1 aliphatic rings. The first-order valence-corrected chi connectivity index (χ1v) is 10.9. The van der Waals surface area contributed by atoms with Crippen LogP contribution in [0.3, 0.4) is 0 Å². The number of aryl methyl sites for hydroxylation is 1. The average molecular weight is 403 g/mol. The summed E-state index contributed by atoms with van der Waals surface area (Å²) in [5, 5.41) is 2.88. The summed E-state index contributed by atoms with van der Waals surface area (Å²) in [7, 11) is -2.22. The van der Waals surface area contributed by atoms with E-state index in [1.54, 1.807) is 37.4 Å². The number of amides is 1. The number of nitrogens with one attached hydrogen (secondary N) is 2. The molecule has 0 unspecified atom stereocenters. The maximum absolute atomic E-state index is 12.7. The van der Waals surface area contributed by atoms with Gasteiger partial charge in [-0.25, -0.2) is 8.42 Å². The van der Waals surface area contributed by atoms with E-state index >= 15 is 0 Å². The van der Waals surface area contributed by atoms with E-state index in [2.05, 4.69) is 10.0 Å². The van der Waals surface area contributed by atoms with Crippen LogP contribution in [0.4, 0.5) is 11.4 Å². The van der Waals surface area contributed by atoms with Crippen LogP contribution in [0.25, 0.3) is 0 Å². The fraction of sp³-hybridized carbons (Fsp3) is 0.381. The molecule has 0 bridgehead atoms. The number of benzene rings is 2. The van der Waals surface area contributed by atoms with Gasteiger partial charge in [0.15, 0.2) is 0 Å². The molecule has 2 aromatic carbocycles. The number of hydrogen-bond acceptors (Lipinski definition) is 4. The van der Waals surface area contributed by atoms with Crippen LogP contribution in [0.1, 0.15) is 37.7 Å². The molecule has 0 saturated heterocycles. The van der Waals surface area contributed by atoms with Gasteiger partial charge in [0.1, 0.15) is 5.75 Å². The Morgan fingerprint density at radius 1 is 1.11 bits per heavy atom. The Balaban J connectivity index is 1.73. The second-order valence-corrected chi connectivity index (χ2v) is 8.90. The molecule has 1 aliphatic carbocycles. The zero-order valence-corrected chi connectivity index (χ0v) is 17.0. The Morgan fingerprint density at radius 2 is 1.79 bits per heavy atom. The fourth-order valence-corrected chi connectivity index (χ4v) is 4.54. The van der Waals surface area contributed by atoms with Crippen molar-refractivity contribution in [2.75, 3.05) is 17.1 Å². The Labute approximate surface area is 166 Å². The Morgan fingerprint density at radius 3 is 2.43 bits per heavy atom. The van der Waals surface area contributed by atoms with Crippen molar-refractivity contribution in [1.82, 2.24) is 0 Å². The average Bonchev–Trinajstić information content (AvgIpc) is 3.16. The van der Waals surface area contributed by atoms with E-state index in [1.807, 2.05) is 6.92 Å². The number of methoxy groups -OCH3 is 1. The predicted octanol–water partition coefficient (Wildman–Crippen LogP) is 4.32. The van der Waals surface area contributed by atoms with Gasteiger partial charge in [0.2, 0.25) is 5.91 Å². The first kappa shape index (κ1) is 20.2. The van der Waals surface area contributed by atoms with Crippen molar-refractivity contribution >= 4 is 27.3 Å². The lowest BCUT2D eigenvalue weighted by Crippen LogP contribution is -2.17. The smallest absolute Gasteiger partial charge is 0.261 e. The van der Waals surface area contributed by atoms with Gasteiger partial charge >= 0.3 is 0 Å². The van der Waals surface area contributed by atoms with Crippen LogP contribution < -0.4 is 14.8 Å². The lowest BCUT2D eigenvalue weighted by Gasteiger charge is -2.14. The van der Waals surface area contributed by atoms with E-state index in [0.29, 0.717) is 29.5 Å². The third-order valence-electron chi connectivity index (χ3n) is 5.08. The minimum Gasteiger partial charge on any atom is -0.497 e. The highest BCUT2D eigenvalue weighted by molar-refractivity contribution is 7.92. The molecule has 0 radical (unpaired) electrons. The van der Waals surface area contributed by atoms with Gasteiger partial charge in [0.25, 0.3) is 10.0 Å². The van der Waals surface area contributed by atoms with E-state index < -0.39 is 10.0 Å². The molecule has 2 aromatic rings. The molecule has 1 amide bonds. The number of hydrogen-bond donors (Lipinski definition) is 2. The number of rotatable bonds is 7. The molecule has 28 heavy (non-hydrogen) atoms. The molecule has 0 aromatic heterocycles. The monoisotopic (exact) mass is 402 g/mol. The van der Waals surface area contributed by atoms with Crippen molar-refractivity contribution in [2.24, 2.45) is 5.92 Å². The normalized spacial score (nSPS) is 14.6. The van der Waals surface area contributed by atoms with Crippen LogP contribution in [0.2, 0.25) is 0 Å². The number of anilines is 2. The van der Waals surface area contributed by atoms with E-state index in [9.17, 15) is 13.2 Å². The molecule has 2 N–H and O–H groups in total. The molecule has 3 rings (SSSR count). The summed E-state index contributed by atoms with van der Waals surface area (Å²) in [5.41, 5.74) is 1.79. The molecular formula is C21H26N2O4S. The summed E-state index contributed by atoms with van der Waals surface area (Å²) in [6, 6.07) is 11.4. The van der Waals surface area contributed by atoms with Crippen LogP contribution in [0, 0.1) is 12.8 Å². The summed E-state index contributed by atoms with van der Waals surface area (Å²) in [4.78, 5) is 12.4. The number of sulfonamides is 1. The molecule has 7 heteroatoms. The van der Waals surface area contributed by atoms with E-state index in [-0.39, 0.29) is 10.8 Å². The van der Waals surface area contributed by atoms with Crippen molar-refractivity contribution in [2.45, 2.75) is 43.9 Å². The summed E-state index contributed by atoms with van der Waals surface area (Å²) in [5.74, 6) is 1.02. The lowest BCUT2D eigenvalue weighted by atomic mass is 10.0. The van der Waals surface area contributed by atoms with Crippen molar-refractivity contribution in [3.63, 3.8) is 0 Å². The van der Waals surface area contributed by atoms with Crippen molar-refractivity contribution < 1.29 is 17.9 Å². The van der Waals surface area contributed by atoms with E-state index in [4.69, 9.17) is 4.74 Å². The molecule has 0 heterocycles. The highest BCUT2D eigenvalue weighted by atomic mass is 32.2. The SMILES string of the molecule is COc1ccc(NS(=O)(=O)c2ccc(C)c(NC(=O)CC3CCCC3)c2)cc1. The molecule has 1 fully saturated rings. The third-order valence-corrected chi connectivity index (χ3v) is 6.46. The lowest BCUT2D eigenvalue weighted by molar-refractivity contribution is -0.117. The zero-order valence-electron chi connectivity index (χ0n) is 16.2. The zero-order chi connectivity index (χ0) is 20.1. The van der Waals surface area contributed by atoms with Gasteiger partial charge in [0, 0.05) is 17.8 Å². The minimum atomic E-state index is -3.77. The van der Waals surface area contributed by atoms with Gasteiger partial charge in [-0.2, -0.15) is 0 Å². The van der Waals surface area contributed by atoms with Crippen molar-refractivity contribution in [3.8, 4) is 5.75 Å². The van der Waals surface area contributed by atoms with Crippen molar-refractivity contribution in [3.05, 3.63) is 48.0 Å². The summed E-state index contributed by atoms with van der Waals surface area (Å²) < 4.78 is 33.1. The second-order valence-electron chi connectivity index (χ2n) is 7.21. The molecule has 150 valence electrons. The Kier molecular flexibility index (Phi) is 6.24. The van der Waals surface area contributed by atoms with Crippen LogP contribution in [-0.2, 0) is 14.8 Å². The second kappa shape index (κ2) is 8.65. The van der Waals surface area contributed by atoms with Gasteiger partial charge in [-0.1, -0.05) is 18.9 Å². The fourth-order valence-electron chi connectivity index (χ4n) is 3.45. The summed E-state index contributed by atoms with van der Waals surface area (Å²) >= 11 is 0. The molecule has 6 nitrogen and oxygen atoms in total. The first-order chi connectivity index (χ1) is 13.4. The maximum Gasteiger partial charge on any atom is 0.261 e. The molecule has 0 aliphatic heterocycles. The van der Waals surface area contributed by atoms with Gasteiger partial charge in [0.05, 0.1) is 12.0 Å². The Hall–Kier alpha value is -2.54. The quantitative estimate of drug-likeness (QED) is 0.722. The first-order valence-electron chi connectivity index (χ1n) is 9.45. The highest BCUT2D eigenvalue weighted by Crippen LogP contribution is 2.29. The molecule has 1 saturated carbocycles. The molecule has 0 atom stereocenters. The van der Waals surface area contributed by atoms with Gasteiger partial charge < -0.3 is 10.1 Å². The number of carbonyl (C=O) groups is 1. The van der Waals surface area contributed by atoms with Crippen LogP contribution in [0.15, 0.2) is 47.4 Å². The number of carbonyl (C=O) groups excluding carboxylic acids is 1. The topological polar surface area (TPSA) is 84.5 Å². The predicted molar refractivity (Wildman–Crippen MR) is 110 cm³/mol. The molecular weight excluding hydrogens is 376 g/mol. The Bertz CT molecular complexity index is 933. The van der Waals surface area contributed by atoms with Crippen LogP contribution in [0.5, 0.6) is 5.75 Å². The summed E-state index contributed by atoms with van der Waals surface area (Å²) in [6.45, 7) is 1.85. The largest absolute Gasteiger partial charge is 0.497 e. The van der Waals surface area contributed by atoms with Gasteiger partial charge in [-0.15, -0.1) is 0 Å². The van der Waals surface area contributed by atoms with Gasteiger partial charge in [-0.05, 0) is 67.6 Å².